The Kier molecular flexibility index (Phi) is 3.57. The van der Waals surface area contributed by atoms with Crippen LogP contribution in [-0.2, 0) is 9.53 Å². The molecule has 0 aliphatic heterocycles. The first-order chi connectivity index (χ1) is 9.48. The van der Waals surface area contributed by atoms with Crippen molar-refractivity contribution in [3.05, 3.63) is 12.8 Å². The van der Waals surface area contributed by atoms with Crippen molar-refractivity contribution < 1.29 is 57.8 Å². The Morgan fingerprint density at radius 1 is 0.682 bits per heavy atom. The van der Waals surface area contributed by atoms with Gasteiger partial charge in [-0.2, -0.15) is 43.9 Å². The van der Waals surface area contributed by atoms with Crippen LogP contribution in [-0.4, -0.2) is 41.3 Å². The van der Waals surface area contributed by atoms with E-state index in [0.29, 0.717) is 0 Å². The SMILES string of the molecule is C=COC(=O)C1(F)C(F)(F)C(F)(F)C(F)(F)C(F)(F)C1(F)F. The van der Waals surface area contributed by atoms with E-state index < -0.39 is 41.3 Å². The van der Waals surface area contributed by atoms with Gasteiger partial charge < -0.3 is 4.74 Å². The molecule has 13 heteroatoms. The van der Waals surface area contributed by atoms with Crippen LogP contribution in [0.25, 0.3) is 0 Å². The summed E-state index contributed by atoms with van der Waals surface area (Å²) in [4.78, 5) is 10.8. The van der Waals surface area contributed by atoms with Gasteiger partial charge in [-0.3, -0.25) is 0 Å². The zero-order chi connectivity index (χ0) is 18.0. The Hall–Kier alpha value is -1.56. The quantitative estimate of drug-likeness (QED) is 0.432. The van der Waals surface area contributed by atoms with Crippen LogP contribution in [0.1, 0.15) is 0 Å². The molecule has 0 amide bonds. The van der Waals surface area contributed by atoms with Gasteiger partial charge in [0.15, 0.2) is 0 Å². The van der Waals surface area contributed by atoms with Crippen LogP contribution < -0.4 is 0 Å². The molecule has 0 aromatic rings. The number of rotatable bonds is 2. The first kappa shape index (κ1) is 18.5. The summed E-state index contributed by atoms with van der Waals surface area (Å²) >= 11 is 0. The molecule has 0 spiro atoms. The van der Waals surface area contributed by atoms with Crippen molar-refractivity contribution >= 4 is 5.97 Å². The lowest BCUT2D eigenvalue weighted by atomic mass is 9.72. The lowest BCUT2D eigenvalue weighted by Gasteiger charge is -2.50. The number of esters is 1. The Bertz CT molecular complexity index is 480. The van der Waals surface area contributed by atoms with E-state index in [4.69, 9.17) is 0 Å². The second kappa shape index (κ2) is 4.25. The average Bonchev–Trinajstić information content (AvgIpc) is 2.35. The highest BCUT2D eigenvalue weighted by molar-refractivity contribution is 5.84. The summed E-state index contributed by atoms with van der Waals surface area (Å²) in [5, 5.41) is 0. The van der Waals surface area contributed by atoms with Gasteiger partial charge in [0.1, 0.15) is 0 Å². The fraction of sp³-hybridized carbons (Fsp3) is 0.667. The fourth-order valence-electron chi connectivity index (χ4n) is 1.63. The van der Waals surface area contributed by atoms with E-state index in [-0.39, 0.29) is 6.26 Å². The molecule has 1 fully saturated rings. The number of alkyl halides is 11. The van der Waals surface area contributed by atoms with Crippen LogP contribution in [0.5, 0.6) is 0 Å². The predicted molar refractivity (Wildman–Crippen MR) is 44.9 cm³/mol. The lowest BCUT2D eigenvalue weighted by molar-refractivity contribution is -0.477. The monoisotopic (exact) mass is 352 g/mol. The molecule has 1 aliphatic carbocycles. The van der Waals surface area contributed by atoms with Gasteiger partial charge in [-0.25, -0.2) is 9.18 Å². The topological polar surface area (TPSA) is 26.3 Å². The second-order valence-electron chi connectivity index (χ2n) is 4.10. The van der Waals surface area contributed by atoms with Crippen molar-refractivity contribution in [2.75, 3.05) is 0 Å². The molecular weight excluding hydrogens is 349 g/mol. The van der Waals surface area contributed by atoms with Crippen molar-refractivity contribution in [1.82, 2.24) is 0 Å². The number of carbonyl (C=O) groups excluding carboxylic acids is 1. The van der Waals surface area contributed by atoms with E-state index >= 15 is 0 Å². The highest BCUT2D eigenvalue weighted by Crippen LogP contribution is 2.69. The summed E-state index contributed by atoms with van der Waals surface area (Å²) in [7, 11) is 0. The molecule has 0 aromatic heterocycles. The molecule has 0 aromatic carbocycles. The summed E-state index contributed by atoms with van der Waals surface area (Å²) in [6.45, 7) is 2.40. The summed E-state index contributed by atoms with van der Waals surface area (Å²) in [5.74, 6) is -40.1. The fourth-order valence-corrected chi connectivity index (χ4v) is 1.63. The van der Waals surface area contributed by atoms with Crippen LogP contribution in [0, 0.1) is 0 Å². The molecule has 128 valence electrons. The van der Waals surface area contributed by atoms with E-state index in [1.165, 1.54) is 0 Å². The standard InChI is InChI=1S/C9H3F11O2/c1-2-22-3(21)4(10)5(11,12)7(15,16)9(19,20)8(17,18)6(4,13)14/h2H,1H2. The lowest BCUT2D eigenvalue weighted by Crippen LogP contribution is -2.85. The zero-order valence-electron chi connectivity index (χ0n) is 9.76. The zero-order valence-corrected chi connectivity index (χ0v) is 9.76. The van der Waals surface area contributed by atoms with Crippen molar-refractivity contribution in [3.8, 4) is 0 Å². The molecule has 0 heterocycles. The van der Waals surface area contributed by atoms with E-state index in [0.717, 1.165) is 0 Å². The summed E-state index contributed by atoms with van der Waals surface area (Å²) in [5.41, 5.74) is -6.77. The normalized spacial score (nSPS) is 29.4. The third-order valence-corrected chi connectivity index (χ3v) is 2.91. The van der Waals surface area contributed by atoms with Crippen LogP contribution in [0.3, 0.4) is 0 Å². The number of carbonyl (C=O) groups is 1. The van der Waals surface area contributed by atoms with Crippen LogP contribution in [0.15, 0.2) is 12.8 Å². The van der Waals surface area contributed by atoms with Gasteiger partial charge in [0.05, 0.1) is 6.26 Å². The molecule has 22 heavy (non-hydrogen) atoms. The van der Waals surface area contributed by atoms with Gasteiger partial charge in [0.2, 0.25) is 0 Å². The minimum Gasteiger partial charge on any atom is -0.432 e. The maximum absolute atomic E-state index is 13.7. The van der Waals surface area contributed by atoms with E-state index in [1.54, 1.807) is 0 Å². The van der Waals surface area contributed by atoms with Crippen molar-refractivity contribution in [1.29, 1.82) is 0 Å². The highest BCUT2D eigenvalue weighted by Gasteiger charge is 3.03. The third kappa shape index (κ3) is 1.49. The van der Waals surface area contributed by atoms with Gasteiger partial charge in [0, 0.05) is 0 Å². The Balaban J connectivity index is 3.85. The summed E-state index contributed by atoms with van der Waals surface area (Å²) < 4.78 is 147. The Labute approximate surface area is 113 Å². The first-order valence-corrected chi connectivity index (χ1v) is 4.88. The summed E-state index contributed by atoms with van der Waals surface area (Å²) in [6, 6.07) is 0. The van der Waals surface area contributed by atoms with Gasteiger partial charge in [-0.15, -0.1) is 0 Å². The second-order valence-corrected chi connectivity index (χ2v) is 4.10. The molecule has 2 nitrogen and oxygen atoms in total. The molecule has 0 bridgehead atoms. The molecule has 0 unspecified atom stereocenters. The number of hydrogen-bond donors (Lipinski definition) is 0. The molecule has 1 saturated carbocycles. The van der Waals surface area contributed by atoms with Gasteiger partial charge >= 0.3 is 41.3 Å². The van der Waals surface area contributed by atoms with Crippen LogP contribution in [0.4, 0.5) is 48.3 Å². The molecule has 0 N–H and O–H groups in total. The number of ether oxygens (including phenoxy) is 1. The maximum Gasteiger partial charge on any atom is 0.384 e. The van der Waals surface area contributed by atoms with Crippen molar-refractivity contribution in [3.63, 3.8) is 0 Å². The number of halogens is 11. The van der Waals surface area contributed by atoms with Crippen molar-refractivity contribution in [2.24, 2.45) is 0 Å². The van der Waals surface area contributed by atoms with Gasteiger partial charge in [-0.05, 0) is 0 Å². The molecule has 0 atom stereocenters. The minimum absolute atomic E-state index is 0.321. The minimum atomic E-state index is -7.36. The van der Waals surface area contributed by atoms with E-state index in [2.05, 4.69) is 11.3 Å². The molecular formula is C9H3F11O2. The molecule has 1 rings (SSSR count). The van der Waals surface area contributed by atoms with Gasteiger partial charge in [0.25, 0.3) is 0 Å². The van der Waals surface area contributed by atoms with E-state index in [1.807, 2.05) is 0 Å². The summed E-state index contributed by atoms with van der Waals surface area (Å²) in [6.07, 6.45) is -0.321. The smallest absolute Gasteiger partial charge is 0.384 e. The largest absolute Gasteiger partial charge is 0.432 e. The number of hydrogen-bond acceptors (Lipinski definition) is 2. The van der Waals surface area contributed by atoms with Crippen molar-refractivity contribution in [2.45, 2.75) is 35.3 Å². The Morgan fingerprint density at radius 3 is 1.23 bits per heavy atom. The molecule has 0 radical (unpaired) electrons. The molecule has 1 aliphatic rings. The van der Waals surface area contributed by atoms with Crippen LogP contribution in [0.2, 0.25) is 0 Å². The van der Waals surface area contributed by atoms with E-state index in [9.17, 15) is 53.1 Å². The maximum atomic E-state index is 13.7. The van der Waals surface area contributed by atoms with Crippen LogP contribution >= 0.6 is 0 Å². The first-order valence-electron chi connectivity index (χ1n) is 4.88. The van der Waals surface area contributed by atoms with Gasteiger partial charge in [-0.1, -0.05) is 6.58 Å². The molecule has 0 saturated heterocycles. The average molecular weight is 352 g/mol. The predicted octanol–water partition coefficient (Wildman–Crippen LogP) is 3.57. The third-order valence-electron chi connectivity index (χ3n) is 2.91. The highest BCUT2D eigenvalue weighted by atomic mass is 19.4. The Morgan fingerprint density at radius 2 is 0.955 bits per heavy atom.